The molecule has 0 amide bonds. The van der Waals surface area contributed by atoms with Crippen LogP contribution in [-0.2, 0) is 63.4 Å². The van der Waals surface area contributed by atoms with Crippen LogP contribution in [0.3, 0.4) is 0 Å². The normalized spacial score (nSPS) is 12.1. The lowest BCUT2D eigenvalue weighted by Crippen LogP contribution is -2.17. The van der Waals surface area contributed by atoms with Gasteiger partial charge in [-0.15, -0.1) is 0 Å². The number of H-pyrrole nitrogens is 1. The van der Waals surface area contributed by atoms with Crippen LogP contribution in [0.4, 0.5) is 0 Å². The molecule has 0 unspecified atom stereocenters. The van der Waals surface area contributed by atoms with E-state index in [1.54, 1.807) is 18.6 Å². The van der Waals surface area contributed by atoms with E-state index >= 15 is 0 Å². The minimum absolute atomic E-state index is 0.236. The molecule has 0 spiro atoms. The molecule has 18 nitrogen and oxygen atoms in total. The molecule has 0 bridgehead atoms. The summed E-state index contributed by atoms with van der Waals surface area (Å²) in [5.41, 5.74) is 6.79. The number of hydrogen-bond donors (Lipinski definition) is 3. The summed E-state index contributed by atoms with van der Waals surface area (Å²) in [6, 6.07) is 0. The molecule has 0 aliphatic heterocycles. The van der Waals surface area contributed by atoms with Crippen molar-refractivity contribution in [1.82, 2.24) is 9.97 Å². The van der Waals surface area contributed by atoms with Gasteiger partial charge in [-0.2, -0.15) is 5.10 Å². The SMILES string of the molecule is NCCOCCOCCOCCOCCOCCOCC(C=NCCOCCOCCOCCOCCOCCOCc1cnc(=S)[nH]c1)=NN. The van der Waals surface area contributed by atoms with E-state index in [1.807, 2.05) is 0 Å². The van der Waals surface area contributed by atoms with Gasteiger partial charge in [0.05, 0.1) is 165 Å². The maximum atomic E-state index is 5.52. The van der Waals surface area contributed by atoms with Crippen LogP contribution in [0.15, 0.2) is 22.5 Å². The quantitative estimate of drug-likeness (QED) is 0.0268. The van der Waals surface area contributed by atoms with Gasteiger partial charge in [-0.25, -0.2) is 4.98 Å². The van der Waals surface area contributed by atoms with Crippen LogP contribution in [0.1, 0.15) is 5.56 Å². The van der Waals surface area contributed by atoms with Gasteiger partial charge in [-0.1, -0.05) is 0 Å². The fourth-order valence-electron chi connectivity index (χ4n) is 3.49. The molecule has 0 aliphatic rings. The first-order chi connectivity index (χ1) is 25.3. The van der Waals surface area contributed by atoms with Gasteiger partial charge < -0.3 is 73.4 Å². The molecule has 0 fully saturated rings. The zero-order valence-electron chi connectivity index (χ0n) is 29.9. The number of aromatic amines is 1. The molecule has 296 valence electrons. The van der Waals surface area contributed by atoms with E-state index < -0.39 is 0 Å². The van der Waals surface area contributed by atoms with Crippen LogP contribution in [0.25, 0.3) is 0 Å². The van der Waals surface area contributed by atoms with Crippen molar-refractivity contribution in [2.24, 2.45) is 21.7 Å². The summed E-state index contributed by atoms with van der Waals surface area (Å²) in [5, 5.41) is 3.69. The summed E-state index contributed by atoms with van der Waals surface area (Å²) >= 11 is 4.90. The van der Waals surface area contributed by atoms with Crippen molar-refractivity contribution in [3.8, 4) is 0 Å². The number of hydrazone groups is 1. The topological polar surface area (TPSA) is 216 Å². The second-order valence-corrected chi connectivity index (χ2v) is 10.5. The van der Waals surface area contributed by atoms with Gasteiger partial charge in [0, 0.05) is 30.7 Å². The first kappa shape index (κ1) is 46.9. The minimum Gasteiger partial charge on any atom is -0.378 e. The Morgan fingerprint density at radius 3 is 1.37 bits per heavy atom. The second-order valence-electron chi connectivity index (χ2n) is 10.1. The Morgan fingerprint density at radius 1 is 0.588 bits per heavy atom. The molecule has 0 saturated carbocycles. The minimum atomic E-state index is 0.236. The summed E-state index contributed by atoms with van der Waals surface area (Å²) in [4.78, 5) is 11.1. The first-order valence-corrected chi connectivity index (χ1v) is 17.6. The predicted octanol–water partition coefficient (Wildman–Crippen LogP) is 0.183. The van der Waals surface area contributed by atoms with E-state index in [-0.39, 0.29) is 6.61 Å². The third-order valence-corrected chi connectivity index (χ3v) is 6.22. The average molecular weight is 753 g/mol. The van der Waals surface area contributed by atoms with Gasteiger partial charge in [0.25, 0.3) is 0 Å². The third-order valence-electron chi connectivity index (χ3n) is 6.00. The molecule has 1 aromatic heterocycles. The molecule has 1 aromatic rings. The van der Waals surface area contributed by atoms with Gasteiger partial charge >= 0.3 is 0 Å². The van der Waals surface area contributed by atoms with Gasteiger partial charge in [0.1, 0.15) is 5.71 Å². The Balaban J connectivity index is 1.74. The Hall–Kier alpha value is -2.08. The molecule has 0 atom stereocenters. The highest BCUT2D eigenvalue weighted by Gasteiger charge is 1.99. The lowest BCUT2D eigenvalue weighted by atomic mass is 10.4. The number of nitrogens with one attached hydrogen (secondary N) is 1. The van der Waals surface area contributed by atoms with Gasteiger partial charge in [0.2, 0.25) is 0 Å². The van der Waals surface area contributed by atoms with Crippen LogP contribution in [0.5, 0.6) is 0 Å². The van der Waals surface area contributed by atoms with Crippen molar-refractivity contribution in [2.75, 3.05) is 165 Å². The molecule has 0 aliphatic carbocycles. The molecule has 51 heavy (non-hydrogen) atoms. The largest absolute Gasteiger partial charge is 0.378 e. The van der Waals surface area contributed by atoms with E-state index in [0.717, 1.165) is 5.56 Å². The fraction of sp³-hybridized carbons (Fsp3) is 0.812. The Labute approximate surface area is 306 Å². The van der Waals surface area contributed by atoms with Gasteiger partial charge in [-0.05, 0) is 12.2 Å². The molecule has 5 N–H and O–H groups in total. The van der Waals surface area contributed by atoms with Crippen molar-refractivity contribution >= 4 is 24.1 Å². The number of nitrogens with zero attached hydrogens (tertiary/aromatic N) is 3. The van der Waals surface area contributed by atoms with E-state index in [9.17, 15) is 0 Å². The van der Waals surface area contributed by atoms with Crippen LogP contribution in [-0.4, -0.2) is 187 Å². The van der Waals surface area contributed by atoms with Crippen molar-refractivity contribution in [3.63, 3.8) is 0 Å². The van der Waals surface area contributed by atoms with Crippen LogP contribution in [0, 0.1) is 4.77 Å². The maximum Gasteiger partial charge on any atom is 0.196 e. The number of rotatable bonds is 40. The molecular formula is C32H60N6O12S. The first-order valence-electron chi connectivity index (χ1n) is 17.2. The van der Waals surface area contributed by atoms with Crippen LogP contribution < -0.4 is 11.6 Å². The van der Waals surface area contributed by atoms with E-state index in [2.05, 4.69) is 20.1 Å². The van der Waals surface area contributed by atoms with Gasteiger partial charge in [-0.3, -0.25) is 4.99 Å². The highest BCUT2D eigenvalue weighted by atomic mass is 32.1. The molecule has 1 rings (SSSR count). The standard InChI is InChI=1S/C32H60N6O12S/c33-1-3-39-5-7-41-9-11-43-13-16-46-18-20-48-22-24-50-29-31(38-34)27-35-2-4-40-6-8-42-10-12-44-14-15-45-17-19-47-21-23-49-28-30-25-36-32(51)37-26-30/h25-27H,1-24,28-29,33-34H2,(H,36,37,51). The van der Waals surface area contributed by atoms with Crippen molar-refractivity contribution in [1.29, 1.82) is 0 Å². The highest BCUT2D eigenvalue weighted by molar-refractivity contribution is 7.71. The number of aromatic nitrogens is 2. The molecule has 0 saturated heterocycles. The summed E-state index contributed by atoms with van der Waals surface area (Å²) < 4.78 is 65.9. The van der Waals surface area contributed by atoms with Crippen molar-refractivity contribution < 1.29 is 56.8 Å². The van der Waals surface area contributed by atoms with Crippen molar-refractivity contribution in [3.05, 3.63) is 22.7 Å². The Kier molecular flexibility index (Phi) is 36.0. The highest BCUT2D eigenvalue weighted by Crippen LogP contribution is 1.97. The lowest BCUT2D eigenvalue weighted by molar-refractivity contribution is -0.0174. The number of aliphatic imine (C=N–C) groups is 1. The molecule has 0 aromatic carbocycles. The number of hydrogen-bond acceptors (Lipinski definition) is 18. The number of ether oxygens (including phenoxy) is 12. The van der Waals surface area contributed by atoms with E-state index in [0.29, 0.717) is 176 Å². The van der Waals surface area contributed by atoms with E-state index in [1.165, 1.54) is 0 Å². The summed E-state index contributed by atoms with van der Waals surface area (Å²) in [5.74, 6) is 5.42. The third kappa shape index (κ3) is 34.8. The molecule has 0 radical (unpaired) electrons. The molecular weight excluding hydrogens is 692 g/mol. The van der Waals surface area contributed by atoms with Crippen LogP contribution in [0.2, 0.25) is 0 Å². The predicted molar refractivity (Wildman–Crippen MR) is 192 cm³/mol. The van der Waals surface area contributed by atoms with Crippen molar-refractivity contribution in [2.45, 2.75) is 6.61 Å². The summed E-state index contributed by atoms with van der Waals surface area (Å²) in [7, 11) is 0. The smallest absolute Gasteiger partial charge is 0.196 e. The summed E-state index contributed by atoms with van der Waals surface area (Å²) in [6.07, 6.45) is 5.05. The average Bonchev–Trinajstić information content (AvgIpc) is 3.14. The Morgan fingerprint density at radius 2 is 0.980 bits per heavy atom. The van der Waals surface area contributed by atoms with Crippen LogP contribution >= 0.6 is 12.2 Å². The molecule has 1 heterocycles. The zero-order chi connectivity index (χ0) is 36.6. The fourth-order valence-corrected chi connectivity index (χ4v) is 3.61. The lowest BCUT2D eigenvalue weighted by Gasteiger charge is -2.08. The Bertz CT molecular complexity index is 978. The summed E-state index contributed by atoms with van der Waals surface area (Å²) in [6.45, 7) is 12.3. The number of nitrogens with two attached hydrogens (primary N) is 2. The molecule has 19 heteroatoms. The van der Waals surface area contributed by atoms with Gasteiger partial charge in [0.15, 0.2) is 4.77 Å². The maximum absolute atomic E-state index is 5.52. The second kappa shape index (κ2) is 39.1. The zero-order valence-corrected chi connectivity index (χ0v) is 30.7. The monoisotopic (exact) mass is 752 g/mol. The van der Waals surface area contributed by atoms with E-state index in [4.69, 9.17) is 80.6 Å².